The molecular formula is C38H43N3O5. The molecule has 0 saturated heterocycles. The van der Waals surface area contributed by atoms with Crippen molar-refractivity contribution in [1.82, 2.24) is 15.2 Å². The zero-order chi connectivity index (χ0) is 32.4. The van der Waals surface area contributed by atoms with Crippen molar-refractivity contribution in [3.8, 4) is 11.1 Å². The number of fused-ring (bicyclic) bond motifs is 3. The Hall–Kier alpha value is -4.59. The van der Waals surface area contributed by atoms with Gasteiger partial charge in [-0.3, -0.25) is 9.69 Å². The highest BCUT2D eigenvalue weighted by Gasteiger charge is 2.48. The number of esters is 1. The molecule has 4 aromatic rings. The van der Waals surface area contributed by atoms with Crippen LogP contribution in [0.4, 0.5) is 4.79 Å². The summed E-state index contributed by atoms with van der Waals surface area (Å²) in [6.07, 6.45) is 4.95. The maximum absolute atomic E-state index is 14.5. The molecule has 1 unspecified atom stereocenters. The molecule has 1 aliphatic heterocycles. The lowest BCUT2D eigenvalue weighted by molar-refractivity contribution is -0.146. The first-order valence-electron chi connectivity index (χ1n) is 16.3. The predicted octanol–water partition coefficient (Wildman–Crippen LogP) is 7.65. The van der Waals surface area contributed by atoms with Gasteiger partial charge in [0.1, 0.15) is 11.6 Å². The average Bonchev–Trinajstić information content (AvgIpc) is 3.44. The van der Waals surface area contributed by atoms with Crippen LogP contribution in [-0.2, 0) is 25.5 Å². The lowest BCUT2D eigenvalue weighted by atomic mass is 9.78. The Labute approximate surface area is 270 Å². The van der Waals surface area contributed by atoms with Gasteiger partial charge in [-0.15, -0.1) is 0 Å². The molecule has 1 aromatic heterocycles. The summed E-state index contributed by atoms with van der Waals surface area (Å²) in [5, 5.41) is 4.02. The number of methoxy groups -OCH3 is 1. The first-order chi connectivity index (χ1) is 22.1. The summed E-state index contributed by atoms with van der Waals surface area (Å²) in [6.45, 7) is 5.50. The van der Waals surface area contributed by atoms with Crippen LogP contribution in [0.25, 0.3) is 22.0 Å². The third-order valence-corrected chi connectivity index (χ3v) is 9.25. The van der Waals surface area contributed by atoms with Crippen LogP contribution in [0, 0.1) is 5.92 Å². The molecule has 6 rings (SSSR count). The first-order valence-corrected chi connectivity index (χ1v) is 16.3. The van der Waals surface area contributed by atoms with E-state index in [0.717, 1.165) is 65.4 Å². The number of carbonyl (C=O) groups excluding carboxylic acids is 3. The van der Waals surface area contributed by atoms with Gasteiger partial charge in [-0.05, 0) is 67.9 Å². The van der Waals surface area contributed by atoms with E-state index in [9.17, 15) is 14.4 Å². The van der Waals surface area contributed by atoms with Gasteiger partial charge in [0.2, 0.25) is 5.91 Å². The summed E-state index contributed by atoms with van der Waals surface area (Å²) in [5.41, 5.74) is 4.86. The van der Waals surface area contributed by atoms with Gasteiger partial charge in [0.25, 0.3) is 0 Å². The molecular weight excluding hydrogens is 578 g/mol. The number of H-pyrrole nitrogens is 1. The minimum absolute atomic E-state index is 0.158. The van der Waals surface area contributed by atoms with Crippen LogP contribution in [0.1, 0.15) is 81.8 Å². The third kappa shape index (κ3) is 6.39. The molecule has 2 aliphatic rings. The van der Waals surface area contributed by atoms with E-state index in [2.05, 4.69) is 16.4 Å². The molecule has 8 nitrogen and oxygen atoms in total. The number of hydrogen-bond donors (Lipinski definition) is 2. The fraction of sp³-hybridized carbons (Fsp3) is 0.395. The van der Waals surface area contributed by atoms with E-state index in [0.29, 0.717) is 5.56 Å². The molecule has 8 heteroatoms. The molecule has 0 spiro atoms. The van der Waals surface area contributed by atoms with Crippen molar-refractivity contribution in [3.05, 3.63) is 95.7 Å². The fourth-order valence-electron chi connectivity index (χ4n) is 7.14. The molecule has 240 valence electrons. The molecule has 46 heavy (non-hydrogen) atoms. The van der Waals surface area contributed by atoms with Gasteiger partial charge in [0.05, 0.1) is 13.2 Å². The van der Waals surface area contributed by atoms with Gasteiger partial charge >= 0.3 is 12.1 Å². The Morgan fingerprint density at radius 2 is 1.52 bits per heavy atom. The lowest BCUT2D eigenvalue weighted by Crippen LogP contribution is -2.57. The number of ether oxygens (including phenoxy) is 2. The SMILES string of the molecule is COC(=O)C(NC(=O)[C@H]1Cc2c([nH]c3ccccc23)[C@H](C2CCCCC2)N1C(=O)OC(C)(C)C)c1ccc(-c2ccccc2)cc1. The molecule has 2 heterocycles. The summed E-state index contributed by atoms with van der Waals surface area (Å²) in [6, 6.07) is 23.2. The van der Waals surface area contributed by atoms with E-state index in [1.54, 1.807) is 4.90 Å². The molecule has 2 amide bonds. The standard InChI is InChI=1S/C38H43N3O5/c1-38(2,3)46-37(44)41-31(23-29-28-17-11-12-18-30(28)39-33(29)34(41)27-15-9-6-10-16-27)35(42)40-32(36(43)45-4)26-21-19-25(20-22-26)24-13-7-5-8-14-24/h5,7-8,11-14,17-22,27,31-32,34,39H,6,9-10,15-16,23H2,1-4H3,(H,40,42)/t31-,32?,34+/m1/s1. The molecule has 1 saturated carbocycles. The number of amides is 2. The number of aromatic amines is 1. The number of para-hydroxylation sites is 1. The smallest absolute Gasteiger partial charge is 0.411 e. The Kier molecular flexibility index (Phi) is 8.89. The van der Waals surface area contributed by atoms with Crippen molar-refractivity contribution in [2.24, 2.45) is 5.92 Å². The average molecular weight is 622 g/mol. The van der Waals surface area contributed by atoms with Crippen molar-refractivity contribution < 1.29 is 23.9 Å². The van der Waals surface area contributed by atoms with Crippen molar-refractivity contribution in [2.45, 2.75) is 83.0 Å². The topological polar surface area (TPSA) is 101 Å². The minimum atomic E-state index is -1.06. The van der Waals surface area contributed by atoms with Crippen LogP contribution < -0.4 is 5.32 Å². The highest BCUT2D eigenvalue weighted by Crippen LogP contribution is 2.46. The molecule has 3 aromatic carbocycles. The Balaban J connectivity index is 1.39. The quantitative estimate of drug-likeness (QED) is 0.216. The number of aromatic nitrogens is 1. The Morgan fingerprint density at radius 3 is 2.20 bits per heavy atom. The summed E-state index contributed by atoms with van der Waals surface area (Å²) in [7, 11) is 1.31. The second kappa shape index (κ2) is 13.0. The zero-order valence-electron chi connectivity index (χ0n) is 27.0. The van der Waals surface area contributed by atoms with E-state index < -0.39 is 35.7 Å². The third-order valence-electron chi connectivity index (χ3n) is 9.25. The van der Waals surface area contributed by atoms with Gasteiger partial charge in [0, 0.05) is 23.0 Å². The van der Waals surface area contributed by atoms with Crippen molar-refractivity contribution in [2.75, 3.05) is 7.11 Å². The summed E-state index contributed by atoms with van der Waals surface area (Å²) < 4.78 is 11.1. The maximum atomic E-state index is 14.5. The Bertz CT molecular complexity index is 1700. The molecule has 0 radical (unpaired) electrons. The van der Waals surface area contributed by atoms with E-state index in [1.165, 1.54) is 7.11 Å². The van der Waals surface area contributed by atoms with Crippen LogP contribution in [0.15, 0.2) is 78.9 Å². The molecule has 1 aliphatic carbocycles. The molecule has 0 bridgehead atoms. The number of benzene rings is 3. The Morgan fingerprint density at radius 1 is 0.870 bits per heavy atom. The van der Waals surface area contributed by atoms with Gasteiger partial charge in [0.15, 0.2) is 6.04 Å². The van der Waals surface area contributed by atoms with Gasteiger partial charge < -0.3 is 19.8 Å². The van der Waals surface area contributed by atoms with Gasteiger partial charge in [-0.1, -0.05) is 92.1 Å². The van der Waals surface area contributed by atoms with Crippen LogP contribution in [0.3, 0.4) is 0 Å². The lowest BCUT2D eigenvalue weighted by Gasteiger charge is -2.45. The highest BCUT2D eigenvalue weighted by atomic mass is 16.6. The highest BCUT2D eigenvalue weighted by molar-refractivity contribution is 5.93. The van der Waals surface area contributed by atoms with E-state index in [-0.39, 0.29) is 18.4 Å². The van der Waals surface area contributed by atoms with Crippen LogP contribution in [-0.4, -0.2) is 46.6 Å². The number of carbonyl (C=O) groups is 3. The zero-order valence-corrected chi connectivity index (χ0v) is 27.0. The van der Waals surface area contributed by atoms with Gasteiger partial charge in [-0.2, -0.15) is 0 Å². The number of hydrogen-bond acceptors (Lipinski definition) is 5. The second-order valence-corrected chi connectivity index (χ2v) is 13.5. The predicted molar refractivity (Wildman–Crippen MR) is 178 cm³/mol. The van der Waals surface area contributed by atoms with Gasteiger partial charge in [-0.25, -0.2) is 9.59 Å². The van der Waals surface area contributed by atoms with Crippen molar-refractivity contribution in [3.63, 3.8) is 0 Å². The largest absolute Gasteiger partial charge is 0.467 e. The fourth-order valence-corrected chi connectivity index (χ4v) is 7.14. The van der Waals surface area contributed by atoms with E-state index in [4.69, 9.17) is 9.47 Å². The molecule has 3 atom stereocenters. The normalized spacial score (nSPS) is 19.3. The van der Waals surface area contributed by atoms with E-state index in [1.807, 2.05) is 93.6 Å². The summed E-state index contributed by atoms with van der Waals surface area (Å²) in [5.74, 6) is -0.854. The molecule has 1 fully saturated rings. The number of rotatable bonds is 6. The number of nitrogens with one attached hydrogen (secondary N) is 2. The number of nitrogens with zero attached hydrogens (tertiary/aromatic N) is 1. The van der Waals surface area contributed by atoms with Crippen molar-refractivity contribution in [1.29, 1.82) is 0 Å². The van der Waals surface area contributed by atoms with Crippen molar-refractivity contribution >= 4 is 28.9 Å². The second-order valence-electron chi connectivity index (χ2n) is 13.5. The van der Waals surface area contributed by atoms with Crippen LogP contribution >= 0.6 is 0 Å². The minimum Gasteiger partial charge on any atom is -0.467 e. The summed E-state index contributed by atoms with van der Waals surface area (Å²) in [4.78, 5) is 47.1. The van der Waals surface area contributed by atoms with E-state index >= 15 is 0 Å². The summed E-state index contributed by atoms with van der Waals surface area (Å²) >= 11 is 0. The molecule has 2 N–H and O–H groups in total. The van der Waals surface area contributed by atoms with Crippen LogP contribution in [0.5, 0.6) is 0 Å². The maximum Gasteiger partial charge on any atom is 0.411 e. The monoisotopic (exact) mass is 621 g/mol. The van der Waals surface area contributed by atoms with Crippen LogP contribution in [0.2, 0.25) is 0 Å². The first kappa shape index (κ1) is 31.4.